The number of furan rings is 1. The number of aryl methyl sites for hydroxylation is 1. The molecule has 1 unspecified atom stereocenters. The summed E-state index contributed by atoms with van der Waals surface area (Å²) >= 11 is 0. The van der Waals surface area contributed by atoms with Gasteiger partial charge in [-0.25, -0.2) is 13.1 Å². The molecule has 7 heteroatoms. The van der Waals surface area contributed by atoms with Gasteiger partial charge in [-0.3, -0.25) is 0 Å². The smallest absolute Gasteiger partial charge is 0.152 e. The van der Waals surface area contributed by atoms with Gasteiger partial charge in [-0.1, -0.05) is 6.92 Å². The van der Waals surface area contributed by atoms with Gasteiger partial charge in [-0.2, -0.15) is 5.10 Å². The van der Waals surface area contributed by atoms with E-state index in [9.17, 15) is 8.42 Å². The lowest BCUT2D eigenvalue weighted by Gasteiger charge is -2.10. The highest BCUT2D eigenvalue weighted by Gasteiger charge is 2.32. The van der Waals surface area contributed by atoms with Crippen LogP contribution in [-0.2, 0) is 16.3 Å². The molecule has 1 aliphatic heterocycles. The van der Waals surface area contributed by atoms with Crippen LogP contribution in [0.2, 0.25) is 0 Å². The molecule has 0 radical (unpaired) electrons. The highest BCUT2D eigenvalue weighted by atomic mass is 32.2. The van der Waals surface area contributed by atoms with Crippen molar-refractivity contribution in [2.24, 2.45) is 0 Å². The molecule has 114 valence electrons. The molecule has 0 amide bonds. The van der Waals surface area contributed by atoms with Crippen molar-refractivity contribution in [3.8, 4) is 11.3 Å². The summed E-state index contributed by atoms with van der Waals surface area (Å²) in [5, 5.41) is 4.58. The molecular formula is C14H19N3O3S. The van der Waals surface area contributed by atoms with E-state index >= 15 is 0 Å². The Kier molecular flexibility index (Phi) is 3.32. The van der Waals surface area contributed by atoms with Gasteiger partial charge in [0.15, 0.2) is 9.84 Å². The predicted molar refractivity (Wildman–Crippen MR) is 80.8 cm³/mol. The fraction of sp³-hybridized carbons (Fsp3) is 0.500. The topological polar surface area (TPSA) is 91.1 Å². The Morgan fingerprint density at radius 2 is 2.29 bits per heavy atom. The first-order valence-electron chi connectivity index (χ1n) is 7.04. The number of nitrogen functional groups attached to an aromatic ring is 1. The molecule has 0 aliphatic carbocycles. The normalized spacial score (nSPS) is 21.0. The minimum Gasteiger partial charge on any atom is -0.469 e. The van der Waals surface area contributed by atoms with Crippen LogP contribution in [0.25, 0.3) is 11.3 Å². The maximum absolute atomic E-state index is 11.6. The average molecular weight is 309 g/mol. The number of hydrogen-bond donors (Lipinski definition) is 1. The highest BCUT2D eigenvalue weighted by molar-refractivity contribution is 7.91. The number of nitrogens with two attached hydrogens (primary N) is 1. The summed E-state index contributed by atoms with van der Waals surface area (Å²) in [5.41, 5.74) is 8.73. The Morgan fingerprint density at radius 1 is 1.52 bits per heavy atom. The number of rotatable bonds is 3. The van der Waals surface area contributed by atoms with Crippen LogP contribution < -0.4 is 5.73 Å². The summed E-state index contributed by atoms with van der Waals surface area (Å²) in [4.78, 5) is 0. The monoisotopic (exact) mass is 309 g/mol. The third kappa shape index (κ3) is 2.35. The van der Waals surface area contributed by atoms with Crippen LogP contribution in [0, 0.1) is 6.92 Å². The Bertz CT molecular complexity index is 773. The first-order valence-corrected chi connectivity index (χ1v) is 8.87. The minimum atomic E-state index is -2.97. The maximum Gasteiger partial charge on any atom is 0.152 e. The molecule has 1 atom stereocenters. The maximum atomic E-state index is 11.6. The van der Waals surface area contributed by atoms with Crippen LogP contribution in [0.3, 0.4) is 0 Å². The van der Waals surface area contributed by atoms with Crippen LogP contribution in [-0.4, -0.2) is 29.7 Å². The summed E-state index contributed by atoms with van der Waals surface area (Å²) < 4.78 is 30.4. The summed E-state index contributed by atoms with van der Waals surface area (Å²) in [6.45, 7) is 3.92. The highest BCUT2D eigenvalue weighted by Crippen LogP contribution is 2.34. The number of sulfone groups is 1. The molecule has 2 aromatic heterocycles. The van der Waals surface area contributed by atoms with Crippen molar-refractivity contribution < 1.29 is 12.8 Å². The molecule has 2 aromatic rings. The largest absolute Gasteiger partial charge is 0.469 e. The molecule has 0 spiro atoms. The molecule has 2 N–H and O–H groups in total. The zero-order chi connectivity index (χ0) is 15.2. The molecule has 0 bridgehead atoms. The molecule has 1 fully saturated rings. The SMILES string of the molecule is CCc1occc1-c1nn(C2CCS(=O)(=O)C2)c(N)c1C. The van der Waals surface area contributed by atoms with Crippen molar-refractivity contribution in [1.29, 1.82) is 0 Å². The van der Waals surface area contributed by atoms with Gasteiger partial charge in [-0.05, 0) is 19.4 Å². The molecule has 0 aromatic carbocycles. The van der Waals surface area contributed by atoms with E-state index in [1.54, 1.807) is 10.9 Å². The van der Waals surface area contributed by atoms with Crippen LogP contribution in [0.5, 0.6) is 0 Å². The van der Waals surface area contributed by atoms with Crippen LogP contribution in [0.4, 0.5) is 5.82 Å². The zero-order valence-electron chi connectivity index (χ0n) is 12.2. The number of anilines is 1. The predicted octanol–water partition coefficient (Wildman–Crippen LogP) is 1.96. The Balaban J connectivity index is 2.04. The van der Waals surface area contributed by atoms with Crippen molar-refractivity contribution in [1.82, 2.24) is 9.78 Å². The average Bonchev–Trinajstić information content (AvgIpc) is 3.10. The molecule has 1 aliphatic rings. The second-order valence-electron chi connectivity index (χ2n) is 5.47. The van der Waals surface area contributed by atoms with Gasteiger partial charge in [-0.15, -0.1) is 0 Å². The van der Waals surface area contributed by atoms with Gasteiger partial charge in [0, 0.05) is 17.5 Å². The van der Waals surface area contributed by atoms with Gasteiger partial charge < -0.3 is 10.2 Å². The van der Waals surface area contributed by atoms with Crippen molar-refractivity contribution >= 4 is 15.7 Å². The van der Waals surface area contributed by atoms with Gasteiger partial charge >= 0.3 is 0 Å². The lowest BCUT2D eigenvalue weighted by atomic mass is 10.1. The van der Waals surface area contributed by atoms with Crippen molar-refractivity contribution in [2.45, 2.75) is 32.7 Å². The van der Waals surface area contributed by atoms with E-state index in [0.717, 1.165) is 29.0 Å². The van der Waals surface area contributed by atoms with Crippen LogP contribution >= 0.6 is 0 Å². The summed E-state index contributed by atoms with van der Waals surface area (Å²) in [7, 11) is -2.97. The van der Waals surface area contributed by atoms with E-state index in [0.29, 0.717) is 12.2 Å². The Morgan fingerprint density at radius 3 is 2.90 bits per heavy atom. The molecule has 3 rings (SSSR count). The standard InChI is InChI=1S/C14H19N3O3S/c1-3-12-11(4-6-20-12)13-9(2)14(15)17(16-13)10-5-7-21(18,19)8-10/h4,6,10H,3,5,7-8,15H2,1-2H3. The second kappa shape index (κ2) is 4.91. The zero-order valence-corrected chi connectivity index (χ0v) is 13.0. The number of nitrogens with zero attached hydrogens (tertiary/aromatic N) is 2. The van der Waals surface area contributed by atoms with Gasteiger partial charge in [0.2, 0.25) is 0 Å². The van der Waals surface area contributed by atoms with Crippen molar-refractivity contribution in [3.05, 3.63) is 23.7 Å². The molecule has 1 saturated heterocycles. The number of aromatic nitrogens is 2. The third-order valence-corrected chi connectivity index (χ3v) is 5.82. The fourth-order valence-corrected chi connectivity index (χ4v) is 4.55. The van der Waals surface area contributed by atoms with E-state index in [1.807, 2.05) is 19.9 Å². The minimum absolute atomic E-state index is 0.115. The first-order chi connectivity index (χ1) is 9.93. The first kappa shape index (κ1) is 14.2. The lowest BCUT2D eigenvalue weighted by molar-refractivity contribution is 0.506. The van der Waals surface area contributed by atoms with Crippen LogP contribution in [0.15, 0.2) is 16.7 Å². The van der Waals surface area contributed by atoms with Gasteiger partial charge in [0.25, 0.3) is 0 Å². The summed E-state index contributed by atoms with van der Waals surface area (Å²) in [6, 6.07) is 1.71. The molecule has 0 saturated carbocycles. The van der Waals surface area contributed by atoms with Gasteiger partial charge in [0.05, 0.1) is 23.8 Å². The second-order valence-corrected chi connectivity index (χ2v) is 7.70. The van der Waals surface area contributed by atoms with Crippen molar-refractivity contribution in [3.63, 3.8) is 0 Å². The lowest BCUT2D eigenvalue weighted by Crippen LogP contribution is -2.14. The van der Waals surface area contributed by atoms with Crippen LogP contribution in [0.1, 0.15) is 30.7 Å². The summed E-state index contributed by atoms with van der Waals surface area (Å²) in [6.07, 6.45) is 2.98. The van der Waals surface area contributed by atoms with Crippen molar-refractivity contribution in [2.75, 3.05) is 17.2 Å². The molecular weight excluding hydrogens is 290 g/mol. The third-order valence-electron chi connectivity index (χ3n) is 4.07. The Hall–Kier alpha value is -1.76. The van der Waals surface area contributed by atoms with Gasteiger partial charge in [0.1, 0.15) is 17.3 Å². The summed E-state index contributed by atoms with van der Waals surface area (Å²) in [5.74, 6) is 1.72. The number of hydrogen-bond acceptors (Lipinski definition) is 5. The molecule has 3 heterocycles. The van der Waals surface area contributed by atoms with E-state index in [4.69, 9.17) is 10.2 Å². The van der Waals surface area contributed by atoms with E-state index in [1.165, 1.54) is 0 Å². The fourth-order valence-electron chi connectivity index (χ4n) is 2.86. The van der Waals surface area contributed by atoms with E-state index in [-0.39, 0.29) is 17.5 Å². The Labute approximate surface area is 123 Å². The van der Waals surface area contributed by atoms with E-state index in [2.05, 4.69) is 5.10 Å². The molecule has 6 nitrogen and oxygen atoms in total. The van der Waals surface area contributed by atoms with E-state index < -0.39 is 9.84 Å². The quantitative estimate of drug-likeness (QED) is 0.935. The molecule has 21 heavy (non-hydrogen) atoms.